The lowest BCUT2D eigenvalue weighted by Gasteiger charge is -2.13. The highest BCUT2D eigenvalue weighted by atomic mass is 32.2. The molecule has 2 N–H and O–H groups in total. The van der Waals surface area contributed by atoms with Gasteiger partial charge in [0, 0.05) is 44.5 Å². The lowest BCUT2D eigenvalue weighted by Crippen LogP contribution is -2.31. The second-order valence-corrected chi connectivity index (χ2v) is 11.6. The summed E-state index contributed by atoms with van der Waals surface area (Å²) in [6.45, 7) is 1.58. The number of hydrogen-bond donors (Lipinski definition) is 2. The number of hydrogen-bond acceptors (Lipinski definition) is 6. The van der Waals surface area contributed by atoms with Gasteiger partial charge in [-0.05, 0) is 85.7 Å². The fraction of sp³-hybridized carbons (Fsp3) is 0.290. The predicted octanol–water partition coefficient (Wildman–Crippen LogP) is 5.70. The summed E-state index contributed by atoms with van der Waals surface area (Å²) in [5, 5.41) is 3.13. The molecule has 0 saturated heterocycles. The molecule has 1 heterocycles. The van der Waals surface area contributed by atoms with E-state index in [1.165, 1.54) is 24.3 Å². The van der Waals surface area contributed by atoms with Crippen LogP contribution in [0.4, 0.5) is 10.5 Å². The zero-order valence-electron chi connectivity index (χ0n) is 27.6. The van der Waals surface area contributed by atoms with Crippen LogP contribution in [0.25, 0.3) is 10.9 Å². The number of amides is 2. The molecule has 0 atom stereocenters. The number of aromatic nitrogens is 1. The standard InChI is InChI=1S/C31H33N3O6S/c1-20-8-4-7-11-29(20)41(37,38)33-30(35)22-13-12-21(28(17-22)39-3)16-23-19-34(2)27-15-14-24(18-26(23)27)32-31(36)40-25-9-5-6-10-25/h4,7-8,11-15,17-19,25H,5-6,9-10,16H2,1-3H3,(H,32,36)(H,33,35)/i3D3,16D2. The van der Waals surface area contributed by atoms with Crippen molar-refractivity contribution in [1.82, 2.24) is 9.29 Å². The first-order chi connectivity index (χ1) is 21.5. The number of ether oxygens (including phenoxy) is 2. The van der Waals surface area contributed by atoms with Crippen LogP contribution in [0.3, 0.4) is 0 Å². The van der Waals surface area contributed by atoms with E-state index in [2.05, 4.69) is 5.32 Å². The Morgan fingerprint density at radius 3 is 2.61 bits per heavy atom. The van der Waals surface area contributed by atoms with Gasteiger partial charge in [0.1, 0.15) is 11.9 Å². The van der Waals surface area contributed by atoms with Crippen molar-refractivity contribution in [2.45, 2.75) is 50.0 Å². The zero-order valence-corrected chi connectivity index (χ0v) is 23.4. The molecule has 1 aliphatic rings. The second-order valence-electron chi connectivity index (χ2n) is 9.96. The van der Waals surface area contributed by atoms with E-state index in [-0.39, 0.29) is 27.7 Å². The molecule has 4 aromatic rings. The Balaban J connectivity index is 1.49. The minimum absolute atomic E-state index is 0.105. The molecule has 10 heteroatoms. The minimum Gasteiger partial charge on any atom is -0.496 e. The van der Waals surface area contributed by atoms with E-state index in [1.807, 2.05) is 4.72 Å². The Morgan fingerprint density at radius 1 is 1.07 bits per heavy atom. The molecule has 0 radical (unpaired) electrons. The highest BCUT2D eigenvalue weighted by molar-refractivity contribution is 7.90. The number of rotatable bonds is 8. The van der Waals surface area contributed by atoms with E-state index < -0.39 is 41.2 Å². The third-order valence-corrected chi connectivity index (χ3v) is 8.54. The van der Waals surface area contributed by atoms with Gasteiger partial charge in [0.2, 0.25) is 0 Å². The Bertz CT molecular complexity index is 1920. The lowest BCUT2D eigenvalue weighted by molar-refractivity contribution is 0.0980. The Labute approximate surface area is 246 Å². The third kappa shape index (κ3) is 6.22. The molecule has 41 heavy (non-hydrogen) atoms. The smallest absolute Gasteiger partial charge is 0.411 e. The Hall–Kier alpha value is -4.31. The van der Waals surface area contributed by atoms with Gasteiger partial charge in [-0.25, -0.2) is 17.9 Å². The topological polar surface area (TPSA) is 116 Å². The zero-order chi connectivity index (χ0) is 33.4. The monoisotopic (exact) mass is 580 g/mol. The third-order valence-electron chi connectivity index (χ3n) is 7.05. The van der Waals surface area contributed by atoms with Crippen molar-refractivity contribution in [2.75, 3.05) is 12.4 Å². The molecule has 2 amide bonds. The number of anilines is 1. The quantitative estimate of drug-likeness (QED) is 0.276. The molecule has 214 valence electrons. The van der Waals surface area contributed by atoms with E-state index in [9.17, 15) is 18.0 Å². The van der Waals surface area contributed by atoms with Gasteiger partial charge >= 0.3 is 6.09 Å². The summed E-state index contributed by atoms with van der Waals surface area (Å²) in [6, 6.07) is 14.4. The lowest BCUT2D eigenvalue weighted by atomic mass is 10.0. The molecule has 0 aliphatic heterocycles. The van der Waals surface area contributed by atoms with Gasteiger partial charge in [0.15, 0.2) is 0 Å². The average molecular weight is 581 g/mol. The number of benzene rings is 3. The first kappa shape index (κ1) is 22.4. The van der Waals surface area contributed by atoms with Crippen LogP contribution in [-0.4, -0.2) is 38.1 Å². The fourth-order valence-electron chi connectivity index (χ4n) is 4.96. The maximum absolute atomic E-state index is 13.1. The van der Waals surface area contributed by atoms with Gasteiger partial charge in [-0.15, -0.1) is 0 Å². The van der Waals surface area contributed by atoms with Gasteiger partial charge in [-0.3, -0.25) is 10.1 Å². The number of aryl methyl sites for hydroxylation is 2. The fourth-order valence-corrected chi connectivity index (χ4v) is 6.19. The molecule has 1 saturated carbocycles. The van der Waals surface area contributed by atoms with Gasteiger partial charge in [-0.1, -0.05) is 24.3 Å². The summed E-state index contributed by atoms with van der Waals surface area (Å²) in [6.07, 6.45) is 2.01. The van der Waals surface area contributed by atoms with E-state index in [0.29, 0.717) is 22.2 Å². The number of nitrogens with zero attached hydrogens (tertiary/aromatic N) is 1. The minimum atomic E-state index is -4.28. The number of sulfonamides is 1. The van der Waals surface area contributed by atoms with Crippen molar-refractivity contribution >= 4 is 38.6 Å². The van der Waals surface area contributed by atoms with Gasteiger partial charge in [-0.2, -0.15) is 0 Å². The normalized spacial score (nSPS) is 16.2. The molecule has 1 aliphatic carbocycles. The summed E-state index contributed by atoms with van der Waals surface area (Å²) >= 11 is 0. The molecule has 0 unspecified atom stereocenters. The number of nitrogens with one attached hydrogen (secondary N) is 2. The van der Waals surface area contributed by atoms with Crippen LogP contribution >= 0.6 is 0 Å². The van der Waals surface area contributed by atoms with Crippen LogP contribution in [0.15, 0.2) is 71.8 Å². The molecule has 9 nitrogen and oxygen atoms in total. The van der Waals surface area contributed by atoms with E-state index in [4.69, 9.17) is 16.3 Å². The summed E-state index contributed by atoms with van der Waals surface area (Å²) < 4.78 is 81.5. The SMILES string of the molecule is [2H]C([2H])([2H])Oc1cc(C(=O)NS(=O)(=O)c2ccccc2C)ccc1C([2H])([2H])c1cn(C)c2ccc(NC(=O)OC3CCCC3)cc12. The number of fused-ring (bicyclic) bond motifs is 1. The van der Waals surface area contributed by atoms with Crippen LogP contribution in [-0.2, 0) is 28.2 Å². The van der Waals surface area contributed by atoms with Crippen LogP contribution < -0.4 is 14.8 Å². The van der Waals surface area contributed by atoms with Crippen molar-refractivity contribution in [3.05, 3.63) is 89.1 Å². The molecule has 0 bridgehead atoms. The van der Waals surface area contributed by atoms with Crippen LogP contribution in [0.5, 0.6) is 5.75 Å². The Kier molecular flexibility index (Phi) is 6.37. The predicted molar refractivity (Wildman–Crippen MR) is 157 cm³/mol. The van der Waals surface area contributed by atoms with Crippen LogP contribution in [0.1, 0.15) is 59.6 Å². The molecule has 5 rings (SSSR count). The van der Waals surface area contributed by atoms with Gasteiger partial charge in [0.05, 0.1) is 16.0 Å². The maximum Gasteiger partial charge on any atom is 0.411 e. The van der Waals surface area contributed by atoms with Crippen LogP contribution in [0, 0.1) is 6.92 Å². The first-order valence-corrected chi connectivity index (χ1v) is 14.6. The molecular weight excluding hydrogens is 542 g/mol. The summed E-state index contributed by atoms with van der Waals surface area (Å²) in [5.74, 6) is -1.53. The highest BCUT2D eigenvalue weighted by Crippen LogP contribution is 2.30. The summed E-state index contributed by atoms with van der Waals surface area (Å²) in [5.41, 5.74) is 1.07. The van der Waals surface area contributed by atoms with E-state index >= 15 is 0 Å². The molecular formula is C31H33N3O6S. The summed E-state index contributed by atoms with van der Waals surface area (Å²) in [4.78, 5) is 25.5. The van der Waals surface area contributed by atoms with E-state index in [0.717, 1.165) is 31.7 Å². The van der Waals surface area contributed by atoms with Crippen molar-refractivity contribution < 1.29 is 34.3 Å². The van der Waals surface area contributed by atoms with E-state index in [1.54, 1.807) is 55.1 Å². The average Bonchev–Trinajstić information content (AvgIpc) is 3.59. The molecule has 1 fully saturated rings. The maximum atomic E-state index is 13.1. The van der Waals surface area contributed by atoms with Crippen molar-refractivity contribution in [3.63, 3.8) is 0 Å². The van der Waals surface area contributed by atoms with Gasteiger partial charge < -0.3 is 14.0 Å². The number of carbonyl (C=O) groups is 2. The molecule has 3 aromatic carbocycles. The van der Waals surface area contributed by atoms with Crippen LogP contribution in [0.2, 0.25) is 0 Å². The summed E-state index contributed by atoms with van der Waals surface area (Å²) in [7, 11) is -5.59. The first-order valence-electron chi connectivity index (χ1n) is 15.6. The van der Waals surface area contributed by atoms with Crippen molar-refractivity contribution in [1.29, 1.82) is 0 Å². The van der Waals surface area contributed by atoms with Crippen molar-refractivity contribution in [2.24, 2.45) is 7.05 Å². The molecule has 1 aromatic heterocycles. The number of carbonyl (C=O) groups excluding carboxylic acids is 2. The van der Waals surface area contributed by atoms with Gasteiger partial charge in [0.25, 0.3) is 15.9 Å². The molecule has 0 spiro atoms. The van der Waals surface area contributed by atoms with Crippen molar-refractivity contribution in [3.8, 4) is 5.75 Å². The highest BCUT2D eigenvalue weighted by Gasteiger charge is 2.22. The largest absolute Gasteiger partial charge is 0.496 e. The second kappa shape index (κ2) is 11.7. The number of methoxy groups -OCH3 is 1. The Morgan fingerprint density at radius 2 is 1.85 bits per heavy atom.